The Hall–Kier alpha value is -2.71. The summed E-state index contributed by atoms with van der Waals surface area (Å²) in [6.07, 6.45) is 0. The molecular formula is C19H23N3O4S. The zero-order chi connectivity index (χ0) is 20.0. The molecule has 0 aliphatic carbocycles. The Labute approximate surface area is 159 Å². The predicted molar refractivity (Wildman–Crippen MR) is 105 cm³/mol. The van der Waals surface area contributed by atoms with Gasteiger partial charge < -0.3 is 10.6 Å². The molecule has 0 heterocycles. The molecule has 0 atom stereocenters. The number of rotatable bonds is 7. The number of hydrogen-bond acceptors (Lipinski definition) is 4. The molecule has 0 bridgehead atoms. The molecule has 144 valence electrons. The van der Waals surface area contributed by atoms with E-state index in [4.69, 9.17) is 0 Å². The number of anilines is 2. The van der Waals surface area contributed by atoms with Crippen molar-refractivity contribution in [3.8, 4) is 0 Å². The number of carbonyl (C=O) groups excluding carboxylic acids is 2. The van der Waals surface area contributed by atoms with Gasteiger partial charge in [-0.25, -0.2) is 13.1 Å². The van der Waals surface area contributed by atoms with Crippen molar-refractivity contribution < 1.29 is 18.0 Å². The van der Waals surface area contributed by atoms with Gasteiger partial charge in [-0.2, -0.15) is 0 Å². The Morgan fingerprint density at radius 3 is 1.89 bits per heavy atom. The Balaban J connectivity index is 2.04. The van der Waals surface area contributed by atoms with Crippen LogP contribution < -0.4 is 15.4 Å². The van der Waals surface area contributed by atoms with Crippen LogP contribution in [0.15, 0.2) is 53.4 Å². The summed E-state index contributed by atoms with van der Waals surface area (Å²) in [4.78, 5) is 23.4. The predicted octanol–water partition coefficient (Wildman–Crippen LogP) is 2.83. The third-order valence-electron chi connectivity index (χ3n) is 3.57. The van der Waals surface area contributed by atoms with Gasteiger partial charge in [-0.05, 0) is 54.4 Å². The van der Waals surface area contributed by atoms with E-state index in [1.165, 1.54) is 31.2 Å². The zero-order valence-corrected chi connectivity index (χ0v) is 16.3. The van der Waals surface area contributed by atoms with Crippen LogP contribution in [0, 0.1) is 5.92 Å². The molecule has 27 heavy (non-hydrogen) atoms. The second kappa shape index (κ2) is 8.79. The molecule has 0 unspecified atom stereocenters. The summed E-state index contributed by atoms with van der Waals surface area (Å²) in [5.74, 6) is -0.340. The average Bonchev–Trinajstić information content (AvgIpc) is 2.61. The summed E-state index contributed by atoms with van der Waals surface area (Å²) in [5, 5.41) is 5.36. The molecule has 2 aromatic carbocycles. The highest BCUT2D eigenvalue weighted by Crippen LogP contribution is 2.16. The van der Waals surface area contributed by atoms with E-state index in [-0.39, 0.29) is 22.6 Å². The summed E-state index contributed by atoms with van der Waals surface area (Å²) in [6, 6.07) is 12.4. The van der Waals surface area contributed by atoms with E-state index in [0.717, 1.165) is 0 Å². The van der Waals surface area contributed by atoms with Crippen molar-refractivity contribution in [2.24, 2.45) is 5.92 Å². The van der Waals surface area contributed by atoms with Gasteiger partial charge in [-0.3, -0.25) is 9.59 Å². The molecule has 2 rings (SSSR count). The summed E-state index contributed by atoms with van der Waals surface area (Å²) in [6.45, 7) is 5.59. The third kappa shape index (κ3) is 6.19. The highest BCUT2D eigenvalue weighted by Gasteiger charge is 2.15. The molecule has 2 aromatic rings. The van der Waals surface area contributed by atoms with Crippen LogP contribution in [0.3, 0.4) is 0 Å². The molecule has 0 fully saturated rings. The quantitative estimate of drug-likeness (QED) is 0.677. The van der Waals surface area contributed by atoms with Gasteiger partial charge in [0.05, 0.1) is 4.90 Å². The summed E-state index contributed by atoms with van der Waals surface area (Å²) < 4.78 is 26.9. The molecule has 0 aromatic heterocycles. The van der Waals surface area contributed by atoms with Crippen LogP contribution in [0.4, 0.5) is 11.4 Å². The van der Waals surface area contributed by atoms with E-state index in [1.54, 1.807) is 24.3 Å². The van der Waals surface area contributed by atoms with Crippen molar-refractivity contribution in [2.45, 2.75) is 25.7 Å². The van der Waals surface area contributed by atoms with Gasteiger partial charge in [-0.1, -0.05) is 13.8 Å². The maximum atomic E-state index is 12.3. The largest absolute Gasteiger partial charge is 0.326 e. The fourth-order valence-electron chi connectivity index (χ4n) is 2.19. The van der Waals surface area contributed by atoms with Crippen molar-refractivity contribution in [3.63, 3.8) is 0 Å². The lowest BCUT2D eigenvalue weighted by atomic mass is 10.2. The summed E-state index contributed by atoms with van der Waals surface area (Å²) >= 11 is 0. The first-order valence-corrected chi connectivity index (χ1v) is 9.94. The van der Waals surface area contributed by atoms with Crippen molar-refractivity contribution >= 4 is 33.2 Å². The Morgan fingerprint density at radius 2 is 1.41 bits per heavy atom. The van der Waals surface area contributed by atoms with Gasteiger partial charge in [0.1, 0.15) is 0 Å². The standard InChI is InChI=1S/C19H23N3O4S/c1-13(2)12-20-27(25,26)18-10-4-15(5-11-18)19(24)22-17-8-6-16(7-9-17)21-14(3)23/h4-11,13,20H,12H2,1-3H3,(H,21,23)(H,22,24). The highest BCUT2D eigenvalue weighted by molar-refractivity contribution is 7.89. The van der Waals surface area contributed by atoms with Crippen molar-refractivity contribution in [3.05, 3.63) is 54.1 Å². The second-order valence-electron chi connectivity index (χ2n) is 6.48. The van der Waals surface area contributed by atoms with Crippen LogP contribution >= 0.6 is 0 Å². The van der Waals surface area contributed by atoms with E-state index in [1.807, 2.05) is 13.8 Å². The molecule has 3 N–H and O–H groups in total. The molecular weight excluding hydrogens is 366 g/mol. The molecule has 0 radical (unpaired) electrons. The van der Waals surface area contributed by atoms with Crippen LogP contribution in [-0.4, -0.2) is 26.8 Å². The van der Waals surface area contributed by atoms with Crippen LogP contribution in [0.2, 0.25) is 0 Å². The first kappa shape index (κ1) is 20.6. The molecule has 0 aliphatic heterocycles. The highest BCUT2D eigenvalue weighted by atomic mass is 32.2. The number of sulfonamides is 1. The van der Waals surface area contributed by atoms with Crippen molar-refractivity contribution in [1.29, 1.82) is 0 Å². The first-order valence-electron chi connectivity index (χ1n) is 8.46. The van der Waals surface area contributed by atoms with E-state index in [2.05, 4.69) is 15.4 Å². The van der Waals surface area contributed by atoms with Crippen LogP contribution in [0.5, 0.6) is 0 Å². The normalized spacial score (nSPS) is 11.3. The molecule has 8 heteroatoms. The van der Waals surface area contributed by atoms with Crippen molar-refractivity contribution in [2.75, 3.05) is 17.2 Å². The summed E-state index contributed by atoms with van der Waals surface area (Å²) in [7, 11) is -3.59. The van der Waals surface area contributed by atoms with E-state index in [9.17, 15) is 18.0 Å². The first-order chi connectivity index (χ1) is 12.7. The minimum absolute atomic E-state index is 0.111. The van der Waals surface area contributed by atoms with Gasteiger partial charge >= 0.3 is 0 Å². The molecule has 2 amide bonds. The average molecular weight is 389 g/mol. The van der Waals surface area contributed by atoms with Crippen LogP contribution in [0.25, 0.3) is 0 Å². The molecule has 0 spiro atoms. The Bertz CT molecular complexity index is 905. The number of amides is 2. The lowest BCUT2D eigenvalue weighted by Gasteiger charge is -2.10. The number of carbonyl (C=O) groups is 2. The zero-order valence-electron chi connectivity index (χ0n) is 15.4. The van der Waals surface area contributed by atoms with Crippen molar-refractivity contribution in [1.82, 2.24) is 4.72 Å². The van der Waals surface area contributed by atoms with Gasteiger partial charge in [-0.15, -0.1) is 0 Å². The fourth-order valence-corrected chi connectivity index (χ4v) is 3.40. The monoisotopic (exact) mass is 389 g/mol. The summed E-state index contributed by atoms with van der Waals surface area (Å²) in [5.41, 5.74) is 1.53. The number of nitrogens with one attached hydrogen (secondary N) is 3. The molecule has 7 nitrogen and oxygen atoms in total. The lowest BCUT2D eigenvalue weighted by Crippen LogP contribution is -2.27. The Kier molecular flexibility index (Phi) is 6.70. The van der Waals surface area contributed by atoms with Gasteiger partial charge in [0, 0.05) is 30.4 Å². The van der Waals surface area contributed by atoms with Gasteiger partial charge in [0.2, 0.25) is 15.9 Å². The second-order valence-corrected chi connectivity index (χ2v) is 8.25. The number of hydrogen-bond donors (Lipinski definition) is 3. The maximum Gasteiger partial charge on any atom is 0.255 e. The lowest BCUT2D eigenvalue weighted by molar-refractivity contribution is -0.114. The van der Waals surface area contributed by atoms with Gasteiger partial charge in [0.25, 0.3) is 5.91 Å². The number of benzene rings is 2. The minimum Gasteiger partial charge on any atom is -0.326 e. The maximum absolute atomic E-state index is 12.3. The molecule has 0 aliphatic rings. The fraction of sp³-hybridized carbons (Fsp3) is 0.263. The Morgan fingerprint density at radius 1 is 0.889 bits per heavy atom. The third-order valence-corrected chi connectivity index (χ3v) is 5.01. The molecule has 0 saturated carbocycles. The minimum atomic E-state index is -3.59. The van der Waals surface area contributed by atoms with Gasteiger partial charge in [0.15, 0.2) is 0 Å². The molecule has 0 saturated heterocycles. The van der Waals surface area contributed by atoms with E-state index < -0.39 is 10.0 Å². The topological polar surface area (TPSA) is 104 Å². The van der Waals surface area contributed by atoms with E-state index in [0.29, 0.717) is 23.5 Å². The van der Waals surface area contributed by atoms with Crippen LogP contribution in [-0.2, 0) is 14.8 Å². The SMILES string of the molecule is CC(=O)Nc1ccc(NC(=O)c2ccc(S(=O)(=O)NCC(C)C)cc2)cc1. The van der Waals surface area contributed by atoms with Crippen LogP contribution in [0.1, 0.15) is 31.1 Å². The van der Waals surface area contributed by atoms with E-state index >= 15 is 0 Å². The smallest absolute Gasteiger partial charge is 0.255 e.